The van der Waals surface area contributed by atoms with Crippen LogP contribution in [0, 0.1) is 6.92 Å². The Balaban J connectivity index is 1.37. The Hall–Kier alpha value is -3.09. The highest BCUT2D eigenvalue weighted by atomic mass is 16.5. The van der Waals surface area contributed by atoms with Gasteiger partial charge in [-0.1, -0.05) is 23.8 Å². The smallest absolute Gasteiger partial charge is 0.258 e. The van der Waals surface area contributed by atoms with Crippen molar-refractivity contribution in [3.05, 3.63) is 54.2 Å². The van der Waals surface area contributed by atoms with E-state index in [1.54, 1.807) is 11.1 Å². The summed E-state index contributed by atoms with van der Waals surface area (Å²) in [6.07, 6.45) is 1.76. The predicted octanol–water partition coefficient (Wildman–Crippen LogP) is 1.23. The van der Waals surface area contributed by atoms with Crippen LogP contribution in [0.1, 0.15) is 5.56 Å². The van der Waals surface area contributed by atoms with Gasteiger partial charge in [-0.2, -0.15) is 0 Å². The maximum atomic E-state index is 12.3. The molecule has 1 fully saturated rings. The normalized spacial score (nSPS) is 14.0. The van der Waals surface area contributed by atoms with Crippen molar-refractivity contribution in [2.24, 2.45) is 0 Å². The second-order valence-corrected chi connectivity index (χ2v) is 6.43. The third-order valence-corrected chi connectivity index (χ3v) is 4.43. The number of carbonyl (C=O) groups is 2. The molecule has 0 bridgehead atoms. The molecule has 2 aromatic rings. The fraction of sp³-hybridized carbons (Fsp3) is 0.350. The minimum atomic E-state index is -0.309. The molecule has 2 amide bonds. The number of ether oxygens (including phenoxy) is 1. The highest BCUT2D eigenvalue weighted by Crippen LogP contribution is 2.13. The van der Waals surface area contributed by atoms with E-state index in [0.717, 1.165) is 24.5 Å². The zero-order valence-electron chi connectivity index (χ0n) is 15.4. The number of piperazine rings is 1. The summed E-state index contributed by atoms with van der Waals surface area (Å²) >= 11 is 0. The summed E-state index contributed by atoms with van der Waals surface area (Å²) in [6.45, 7) is 4.55. The van der Waals surface area contributed by atoms with Gasteiger partial charge >= 0.3 is 0 Å². The third-order valence-electron chi connectivity index (χ3n) is 4.43. The lowest BCUT2D eigenvalue weighted by Gasteiger charge is -2.35. The second kappa shape index (κ2) is 9.02. The van der Waals surface area contributed by atoms with Gasteiger partial charge in [-0.25, -0.2) is 4.98 Å². The molecule has 1 aliphatic heterocycles. The molecule has 0 radical (unpaired) electrons. The van der Waals surface area contributed by atoms with E-state index in [9.17, 15) is 9.59 Å². The van der Waals surface area contributed by atoms with Gasteiger partial charge in [-0.3, -0.25) is 9.59 Å². The Morgan fingerprint density at radius 2 is 1.81 bits per heavy atom. The van der Waals surface area contributed by atoms with Crippen LogP contribution in [0.5, 0.6) is 5.75 Å². The predicted molar refractivity (Wildman–Crippen MR) is 103 cm³/mol. The largest absolute Gasteiger partial charge is 0.484 e. The van der Waals surface area contributed by atoms with Crippen LogP contribution in [0.2, 0.25) is 0 Å². The van der Waals surface area contributed by atoms with Crippen LogP contribution < -0.4 is 15.0 Å². The molecule has 7 nitrogen and oxygen atoms in total. The van der Waals surface area contributed by atoms with Gasteiger partial charge in [0.25, 0.3) is 5.91 Å². The number of rotatable bonds is 6. The van der Waals surface area contributed by atoms with Gasteiger partial charge in [0.2, 0.25) is 5.91 Å². The Kier molecular flexibility index (Phi) is 6.25. The summed E-state index contributed by atoms with van der Waals surface area (Å²) in [7, 11) is 0. The van der Waals surface area contributed by atoms with Crippen LogP contribution in [-0.2, 0) is 9.59 Å². The Morgan fingerprint density at radius 3 is 2.48 bits per heavy atom. The highest BCUT2D eigenvalue weighted by molar-refractivity contribution is 5.85. The fourth-order valence-electron chi connectivity index (χ4n) is 2.85. The zero-order valence-corrected chi connectivity index (χ0v) is 15.4. The van der Waals surface area contributed by atoms with Gasteiger partial charge in [0.05, 0.1) is 6.54 Å². The summed E-state index contributed by atoms with van der Waals surface area (Å²) in [5, 5.41) is 2.62. The van der Waals surface area contributed by atoms with E-state index in [4.69, 9.17) is 4.74 Å². The molecule has 2 heterocycles. The standard InChI is InChI=1S/C20H24N4O3/c1-16-5-7-17(8-6-16)27-15-19(25)22-14-20(26)24-12-10-23(11-13-24)18-4-2-3-9-21-18/h2-9H,10-15H2,1H3,(H,22,25). The minimum absolute atomic E-state index is 0.0142. The van der Waals surface area contributed by atoms with Crippen LogP contribution in [0.15, 0.2) is 48.7 Å². The van der Waals surface area contributed by atoms with Gasteiger partial charge in [0.1, 0.15) is 11.6 Å². The van der Waals surface area contributed by atoms with E-state index in [0.29, 0.717) is 18.8 Å². The summed E-state index contributed by atoms with van der Waals surface area (Å²) in [5.74, 6) is 1.16. The summed E-state index contributed by atoms with van der Waals surface area (Å²) < 4.78 is 5.41. The lowest BCUT2D eigenvalue weighted by atomic mass is 10.2. The number of pyridine rings is 1. The van der Waals surface area contributed by atoms with Crippen molar-refractivity contribution in [2.45, 2.75) is 6.92 Å². The first kappa shape index (κ1) is 18.7. The molecule has 1 aromatic heterocycles. The average molecular weight is 368 g/mol. The van der Waals surface area contributed by atoms with Crippen LogP contribution in [0.25, 0.3) is 0 Å². The first-order valence-corrected chi connectivity index (χ1v) is 9.02. The number of hydrogen-bond donors (Lipinski definition) is 1. The number of amides is 2. The molecule has 0 atom stereocenters. The van der Waals surface area contributed by atoms with Crippen LogP contribution in [0.3, 0.4) is 0 Å². The second-order valence-electron chi connectivity index (χ2n) is 6.43. The monoisotopic (exact) mass is 368 g/mol. The molecule has 142 valence electrons. The van der Waals surface area contributed by atoms with Crippen molar-refractivity contribution < 1.29 is 14.3 Å². The van der Waals surface area contributed by atoms with Crippen molar-refractivity contribution >= 4 is 17.6 Å². The molecule has 0 spiro atoms. The quantitative estimate of drug-likeness (QED) is 0.830. The summed E-state index contributed by atoms with van der Waals surface area (Å²) in [4.78, 5) is 32.4. The van der Waals surface area contributed by atoms with Crippen molar-refractivity contribution in [2.75, 3.05) is 44.2 Å². The van der Waals surface area contributed by atoms with E-state index < -0.39 is 0 Å². The molecular weight excluding hydrogens is 344 g/mol. The van der Waals surface area contributed by atoms with Gasteiger partial charge in [0, 0.05) is 32.4 Å². The number of nitrogens with one attached hydrogen (secondary N) is 1. The molecule has 1 saturated heterocycles. The van der Waals surface area contributed by atoms with Crippen molar-refractivity contribution in [1.29, 1.82) is 0 Å². The number of anilines is 1. The molecule has 3 rings (SSSR count). The number of aromatic nitrogens is 1. The third kappa shape index (κ3) is 5.44. The van der Waals surface area contributed by atoms with Gasteiger partial charge in [0.15, 0.2) is 6.61 Å². The maximum absolute atomic E-state index is 12.3. The number of nitrogens with zero attached hydrogens (tertiary/aromatic N) is 3. The molecule has 0 aliphatic carbocycles. The molecule has 1 aromatic carbocycles. The van der Waals surface area contributed by atoms with Crippen LogP contribution in [0.4, 0.5) is 5.82 Å². The van der Waals surface area contributed by atoms with E-state index >= 15 is 0 Å². The Labute approximate surface area is 158 Å². The summed E-state index contributed by atoms with van der Waals surface area (Å²) in [5.41, 5.74) is 1.13. The number of hydrogen-bond acceptors (Lipinski definition) is 5. The molecule has 0 saturated carbocycles. The molecule has 7 heteroatoms. The first-order valence-electron chi connectivity index (χ1n) is 9.02. The molecule has 0 unspecified atom stereocenters. The van der Waals surface area contributed by atoms with Crippen LogP contribution >= 0.6 is 0 Å². The lowest BCUT2D eigenvalue weighted by Crippen LogP contribution is -2.51. The van der Waals surface area contributed by atoms with Crippen molar-refractivity contribution in [1.82, 2.24) is 15.2 Å². The van der Waals surface area contributed by atoms with Crippen LogP contribution in [-0.4, -0.2) is 61.0 Å². The molecule has 1 aliphatic rings. The topological polar surface area (TPSA) is 74.8 Å². The highest BCUT2D eigenvalue weighted by Gasteiger charge is 2.21. The molecule has 27 heavy (non-hydrogen) atoms. The SMILES string of the molecule is Cc1ccc(OCC(=O)NCC(=O)N2CCN(c3ccccn3)CC2)cc1. The zero-order chi connectivity index (χ0) is 19.1. The minimum Gasteiger partial charge on any atom is -0.484 e. The maximum Gasteiger partial charge on any atom is 0.258 e. The van der Waals surface area contributed by atoms with E-state index in [-0.39, 0.29) is 25.0 Å². The summed E-state index contributed by atoms with van der Waals surface area (Å²) in [6, 6.07) is 13.3. The molecular formula is C20H24N4O3. The van der Waals surface area contributed by atoms with E-state index in [2.05, 4.69) is 15.2 Å². The number of aryl methyl sites for hydroxylation is 1. The first-order chi connectivity index (χ1) is 13.1. The van der Waals surface area contributed by atoms with Gasteiger partial charge in [-0.15, -0.1) is 0 Å². The van der Waals surface area contributed by atoms with E-state index in [1.165, 1.54) is 0 Å². The number of benzene rings is 1. The van der Waals surface area contributed by atoms with Gasteiger partial charge in [-0.05, 0) is 31.2 Å². The Bertz CT molecular complexity index is 757. The average Bonchev–Trinajstić information content (AvgIpc) is 2.72. The molecule has 1 N–H and O–H groups in total. The van der Waals surface area contributed by atoms with Gasteiger partial charge < -0.3 is 19.9 Å². The van der Waals surface area contributed by atoms with Crippen molar-refractivity contribution in [3.63, 3.8) is 0 Å². The Morgan fingerprint density at radius 1 is 1.07 bits per heavy atom. The van der Waals surface area contributed by atoms with E-state index in [1.807, 2.05) is 49.4 Å². The van der Waals surface area contributed by atoms with Crippen molar-refractivity contribution in [3.8, 4) is 5.75 Å². The lowest BCUT2D eigenvalue weighted by molar-refractivity contribution is -0.133. The number of carbonyl (C=O) groups excluding carboxylic acids is 2. The fourth-order valence-corrected chi connectivity index (χ4v) is 2.85.